The summed E-state index contributed by atoms with van der Waals surface area (Å²) in [6.07, 6.45) is 12.1. The molecule has 0 unspecified atom stereocenters. The first-order valence-corrected chi connectivity index (χ1v) is 8.89. The molecule has 2 heteroatoms. The van der Waals surface area contributed by atoms with Crippen molar-refractivity contribution in [1.82, 2.24) is 0 Å². The molecule has 0 saturated heterocycles. The highest BCUT2D eigenvalue weighted by atomic mass is 16.5. The Labute approximate surface area is 139 Å². The molecule has 0 heterocycles. The summed E-state index contributed by atoms with van der Waals surface area (Å²) in [6, 6.07) is 6.59. The average molecular weight is 310 g/mol. The van der Waals surface area contributed by atoms with Crippen molar-refractivity contribution in [1.29, 1.82) is 0 Å². The summed E-state index contributed by atoms with van der Waals surface area (Å²) >= 11 is 0. The number of aryl methyl sites for hydroxylation is 1. The maximum Gasteiger partial charge on any atom is 0.130 e. The van der Waals surface area contributed by atoms with Gasteiger partial charge in [-0.25, -0.2) is 0 Å². The molecule has 122 valence electrons. The summed E-state index contributed by atoms with van der Waals surface area (Å²) in [4.78, 5) is 0. The maximum atomic E-state index is 11.0. The molecular formula is C21H26O2. The summed E-state index contributed by atoms with van der Waals surface area (Å²) < 4.78 is 5.39. The third kappa shape index (κ3) is 1.93. The number of rotatable bonds is 1. The van der Waals surface area contributed by atoms with Crippen LogP contribution < -0.4 is 4.74 Å². The van der Waals surface area contributed by atoms with Gasteiger partial charge in [0.15, 0.2) is 0 Å². The van der Waals surface area contributed by atoms with Crippen LogP contribution in [-0.4, -0.2) is 17.8 Å². The minimum absolute atomic E-state index is 0.104. The van der Waals surface area contributed by atoms with Gasteiger partial charge in [0, 0.05) is 5.41 Å². The zero-order valence-electron chi connectivity index (χ0n) is 14.1. The first kappa shape index (κ1) is 15.1. The van der Waals surface area contributed by atoms with Crippen molar-refractivity contribution in [3.05, 3.63) is 29.3 Å². The van der Waals surface area contributed by atoms with Gasteiger partial charge >= 0.3 is 0 Å². The minimum Gasteiger partial charge on any atom is -0.497 e. The zero-order valence-corrected chi connectivity index (χ0v) is 14.1. The van der Waals surface area contributed by atoms with Crippen LogP contribution in [-0.2, 0) is 6.42 Å². The van der Waals surface area contributed by atoms with Gasteiger partial charge in [-0.05, 0) is 79.5 Å². The van der Waals surface area contributed by atoms with Crippen LogP contribution >= 0.6 is 0 Å². The van der Waals surface area contributed by atoms with E-state index in [0.29, 0.717) is 17.8 Å². The molecule has 23 heavy (non-hydrogen) atoms. The summed E-state index contributed by atoms with van der Waals surface area (Å²) in [5.74, 6) is 5.56. The molecule has 3 aliphatic carbocycles. The normalized spacial score (nSPS) is 41.4. The number of ether oxygens (including phenoxy) is 1. The fourth-order valence-electron chi connectivity index (χ4n) is 5.94. The fourth-order valence-corrected chi connectivity index (χ4v) is 5.94. The molecule has 2 saturated carbocycles. The van der Waals surface area contributed by atoms with Crippen LogP contribution in [0.4, 0.5) is 0 Å². The van der Waals surface area contributed by atoms with Crippen LogP contribution in [0.5, 0.6) is 5.75 Å². The predicted molar refractivity (Wildman–Crippen MR) is 91.4 cm³/mol. The topological polar surface area (TPSA) is 29.5 Å². The Balaban J connectivity index is 1.70. The van der Waals surface area contributed by atoms with Crippen LogP contribution in [0, 0.1) is 29.6 Å². The van der Waals surface area contributed by atoms with Gasteiger partial charge in [-0.3, -0.25) is 0 Å². The Hall–Kier alpha value is -1.46. The first-order chi connectivity index (χ1) is 11.0. The van der Waals surface area contributed by atoms with Crippen molar-refractivity contribution >= 4 is 0 Å². The van der Waals surface area contributed by atoms with Gasteiger partial charge in [0.05, 0.1) is 7.11 Å². The quantitative estimate of drug-likeness (QED) is 0.797. The van der Waals surface area contributed by atoms with Gasteiger partial charge < -0.3 is 9.84 Å². The van der Waals surface area contributed by atoms with Crippen LogP contribution in [0.3, 0.4) is 0 Å². The van der Waals surface area contributed by atoms with Crippen LogP contribution in [0.15, 0.2) is 18.2 Å². The molecule has 0 bridgehead atoms. The van der Waals surface area contributed by atoms with E-state index >= 15 is 0 Å². The second kappa shape index (κ2) is 5.02. The van der Waals surface area contributed by atoms with Crippen LogP contribution in [0.25, 0.3) is 0 Å². The highest BCUT2D eigenvalue weighted by molar-refractivity contribution is 5.41. The first-order valence-electron chi connectivity index (χ1n) is 8.89. The Morgan fingerprint density at radius 3 is 2.83 bits per heavy atom. The summed E-state index contributed by atoms with van der Waals surface area (Å²) in [5, 5.41) is 11.0. The van der Waals surface area contributed by atoms with E-state index in [1.807, 2.05) is 0 Å². The van der Waals surface area contributed by atoms with E-state index in [4.69, 9.17) is 11.2 Å². The molecule has 0 spiro atoms. The Kier molecular flexibility index (Phi) is 3.29. The van der Waals surface area contributed by atoms with Crippen molar-refractivity contribution in [2.24, 2.45) is 17.3 Å². The number of hydrogen-bond donors (Lipinski definition) is 1. The molecule has 0 aliphatic heterocycles. The number of benzene rings is 1. The number of methoxy groups -OCH3 is 1. The molecule has 0 radical (unpaired) electrons. The SMILES string of the molecule is C#C[C@]1(O)CC[C@H]2[C@@H]3CCc4cc(OC)ccc4[C@H]3CC[C@]21C. The summed E-state index contributed by atoms with van der Waals surface area (Å²) in [6.45, 7) is 2.24. The van der Waals surface area contributed by atoms with Gasteiger partial charge in [0.1, 0.15) is 11.4 Å². The van der Waals surface area contributed by atoms with Crippen LogP contribution in [0.1, 0.15) is 56.1 Å². The lowest BCUT2D eigenvalue weighted by Crippen LogP contribution is -2.50. The van der Waals surface area contributed by atoms with Crippen molar-refractivity contribution < 1.29 is 9.84 Å². The second-order valence-electron chi connectivity index (χ2n) is 7.98. The summed E-state index contributed by atoms with van der Waals surface area (Å²) in [7, 11) is 1.73. The Morgan fingerprint density at radius 1 is 1.26 bits per heavy atom. The van der Waals surface area contributed by atoms with E-state index < -0.39 is 5.60 Å². The number of aliphatic hydroxyl groups is 1. The van der Waals surface area contributed by atoms with Gasteiger partial charge in [-0.1, -0.05) is 18.9 Å². The predicted octanol–water partition coefficient (Wildman–Crippen LogP) is 3.92. The highest BCUT2D eigenvalue weighted by Crippen LogP contribution is 2.64. The lowest BCUT2D eigenvalue weighted by Gasteiger charge is -2.52. The smallest absolute Gasteiger partial charge is 0.130 e. The largest absolute Gasteiger partial charge is 0.497 e. The molecule has 1 aromatic rings. The van der Waals surface area contributed by atoms with E-state index in [1.165, 1.54) is 17.5 Å². The summed E-state index contributed by atoms with van der Waals surface area (Å²) in [5.41, 5.74) is 1.97. The van der Waals surface area contributed by atoms with E-state index in [2.05, 4.69) is 31.0 Å². The van der Waals surface area contributed by atoms with Gasteiger partial charge in [-0.2, -0.15) is 0 Å². The minimum atomic E-state index is -0.900. The second-order valence-corrected chi connectivity index (χ2v) is 7.98. The Morgan fingerprint density at radius 2 is 2.09 bits per heavy atom. The lowest BCUT2D eigenvalue weighted by molar-refractivity contribution is -0.0646. The van der Waals surface area contributed by atoms with Crippen LogP contribution in [0.2, 0.25) is 0 Å². The maximum absolute atomic E-state index is 11.0. The number of hydrogen-bond acceptors (Lipinski definition) is 2. The van der Waals surface area contributed by atoms with Gasteiger partial charge in [0.25, 0.3) is 0 Å². The van der Waals surface area contributed by atoms with E-state index in [1.54, 1.807) is 7.11 Å². The molecular weight excluding hydrogens is 284 g/mol. The monoisotopic (exact) mass is 310 g/mol. The molecule has 1 aromatic carbocycles. The molecule has 2 fully saturated rings. The molecule has 5 atom stereocenters. The number of fused-ring (bicyclic) bond motifs is 5. The van der Waals surface area contributed by atoms with Crippen molar-refractivity contribution in [2.75, 3.05) is 7.11 Å². The third-order valence-corrected chi connectivity index (χ3v) is 7.32. The van der Waals surface area contributed by atoms with E-state index in [9.17, 15) is 5.11 Å². The Bertz CT molecular complexity index is 673. The van der Waals surface area contributed by atoms with Gasteiger partial charge in [-0.15, -0.1) is 6.42 Å². The average Bonchev–Trinajstić information content (AvgIpc) is 2.86. The van der Waals surface area contributed by atoms with E-state index in [0.717, 1.165) is 37.9 Å². The van der Waals surface area contributed by atoms with E-state index in [-0.39, 0.29) is 5.41 Å². The van der Waals surface area contributed by atoms with Gasteiger partial charge in [0.2, 0.25) is 0 Å². The van der Waals surface area contributed by atoms with Crippen molar-refractivity contribution in [3.8, 4) is 18.1 Å². The molecule has 0 amide bonds. The van der Waals surface area contributed by atoms with Crippen molar-refractivity contribution in [2.45, 2.75) is 57.0 Å². The molecule has 2 nitrogen and oxygen atoms in total. The fraction of sp³-hybridized carbons (Fsp3) is 0.619. The third-order valence-electron chi connectivity index (χ3n) is 7.32. The molecule has 3 aliphatic rings. The molecule has 0 aromatic heterocycles. The lowest BCUT2D eigenvalue weighted by atomic mass is 9.53. The standard InChI is InChI=1S/C21H26O2/c1-4-21(22)12-10-19-18-7-5-14-13-15(23-3)6-8-16(14)17(18)9-11-20(19,21)2/h1,6,8,13,17-19,22H,5,7,9-12H2,2-3H3/t17-,18-,19+,20-,21+/m1/s1. The molecule has 4 rings (SSSR count). The highest BCUT2D eigenvalue weighted by Gasteiger charge is 2.61. The van der Waals surface area contributed by atoms with Crippen molar-refractivity contribution in [3.63, 3.8) is 0 Å². The molecule has 1 N–H and O–H groups in total. The zero-order chi connectivity index (χ0) is 16.2. The number of terminal acetylenes is 1.